The summed E-state index contributed by atoms with van der Waals surface area (Å²) in [7, 11) is 1.57. The molecule has 1 atom stereocenters. The summed E-state index contributed by atoms with van der Waals surface area (Å²) < 4.78 is 10.5. The van der Waals surface area contributed by atoms with E-state index in [-0.39, 0.29) is 18.7 Å². The van der Waals surface area contributed by atoms with Crippen LogP contribution in [0.3, 0.4) is 0 Å². The monoisotopic (exact) mass is 448 g/mol. The lowest BCUT2D eigenvalue weighted by molar-refractivity contribution is -0.139. The summed E-state index contributed by atoms with van der Waals surface area (Å²) in [5.74, 6) is -0.774. The summed E-state index contributed by atoms with van der Waals surface area (Å²) in [5.41, 5.74) is 1.68. The number of carboxylic acid groups (broad SMARTS) is 1. The Balaban J connectivity index is 1.63. The molecule has 0 radical (unpaired) electrons. The zero-order chi connectivity index (χ0) is 23.6. The fourth-order valence-corrected chi connectivity index (χ4v) is 3.08. The average molecular weight is 448 g/mol. The molecule has 0 heterocycles. The first-order valence-corrected chi connectivity index (χ1v) is 10.2. The lowest BCUT2D eigenvalue weighted by Gasteiger charge is -2.17. The Bertz CT molecular complexity index is 1100. The number of amides is 2. The number of ether oxygens (including phenoxy) is 2. The van der Waals surface area contributed by atoms with Crippen LogP contribution >= 0.6 is 0 Å². The number of aliphatic carboxylic acids is 1. The van der Waals surface area contributed by atoms with Gasteiger partial charge < -0.3 is 25.2 Å². The molecule has 0 aromatic heterocycles. The van der Waals surface area contributed by atoms with Crippen molar-refractivity contribution in [3.8, 4) is 11.5 Å². The molecular formula is C25H24N2O6. The van der Waals surface area contributed by atoms with Gasteiger partial charge >= 0.3 is 12.1 Å². The van der Waals surface area contributed by atoms with Crippen molar-refractivity contribution in [1.82, 2.24) is 10.6 Å². The second-order valence-corrected chi connectivity index (χ2v) is 7.13. The number of nitrogens with one attached hydrogen (secondary N) is 2. The lowest BCUT2D eigenvalue weighted by Crippen LogP contribution is -2.42. The number of carboxylic acids is 1. The first-order chi connectivity index (χ1) is 16.0. The van der Waals surface area contributed by atoms with Crippen LogP contribution in [0.1, 0.15) is 21.5 Å². The third-order valence-corrected chi connectivity index (χ3v) is 4.83. The van der Waals surface area contributed by atoms with Crippen molar-refractivity contribution in [2.75, 3.05) is 7.11 Å². The summed E-state index contributed by atoms with van der Waals surface area (Å²) >= 11 is 0. The van der Waals surface area contributed by atoms with Crippen LogP contribution in [0.15, 0.2) is 78.9 Å². The summed E-state index contributed by atoms with van der Waals surface area (Å²) in [6.45, 7) is 0.246. The molecule has 0 aliphatic heterocycles. The summed E-state index contributed by atoms with van der Waals surface area (Å²) in [4.78, 5) is 36.5. The number of benzene rings is 3. The van der Waals surface area contributed by atoms with Gasteiger partial charge in [-0.05, 0) is 41.5 Å². The highest BCUT2D eigenvalue weighted by Gasteiger charge is 2.23. The van der Waals surface area contributed by atoms with E-state index in [0.717, 1.165) is 5.56 Å². The van der Waals surface area contributed by atoms with Gasteiger partial charge in [0.15, 0.2) is 0 Å². The normalized spacial score (nSPS) is 11.2. The van der Waals surface area contributed by atoms with Crippen molar-refractivity contribution >= 4 is 18.0 Å². The highest BCUT2D eigenvalue weighted by molar-refractivity contribution is 5.96. The van der Waals surface area contributed by atoms with Gasteiger partial charge in [-0.3, -0.25) is 4.79 Å². The molecule has 0 unspecified atom stereocenters. The maximum absolute atomic E-state index is 12.4. The van der Waals surface area contributed by atoms with Crippen LogP contribution in [0.2, 0.25) is 0 Å². The molecule has 170 valence electrons. The Labute approximate surface area is 191 Å². The second-order valence-electron chi connectivity index (χ2n) is 7.13. The zero-order valence-electron chi connectivity index (χ0n) is 18.0. The predicted molar refractivity (Wildman–Crippen MR) is 121 cm³/mol. The molecule has 33 heavy (non-hydrogen) atoms. The molecular weight excluding hydrogens is 424 g/mol. The standard InChI is InChI=1S/C25H24N2O6/c1-32-20-13-11-17(12-14-20)16-26-25(31)33-22-10-6-5-9-19(22)15-21(24(29)30)27-23(28)18-7-3-2-4-8-18/h2-14,21H,15-16H2,1H3,(H,26,31)(H,27,28)(H,29,30)/t21-/m0/s1. The molecule has 0 bridgehead atoms. The van der Waals surface area contributed by atoms with Gasteiger partial charge in [0.2, 0.25) is 0 Å². The largest absolute Gasteiger partial charge is 0.497 e. The van der Waals surface area contributed by atoms with Gasteiger partial charge in [0.1, 0.15) is 17.5 Å². The van der Waals surface area contributed by atoms with Crippen molar-refractivity contribution in [2.45, 2.75) is 19.0 Å². The minimum atomic E-state index is -1.20. The van der Waals surface area contributed by atoms with Crippen molar-refractivity contribution in [3.05, 3.63) is 95.6 Å². The fraction of sp³-hybridized carbons (Fsp3) is 0.160. The van der Waals surface area contributed by atoms with Gasteiger partial charge in [-0.1, -0.05) is 48.5 Å². The molecule has 8 heteroatoms. The molecule has 3 aromatic carbocycles. The van der Waals surface area contributed by atoms with Crippen LogP contribution in [0.4, 0.5) is 4.79 Å². The van der Waals surface area contributed by atoms with Crippen molar-refractivity contribution in [2.24, 2.45) is 0 Å². The van der Waals surface area contributed by atoms with Gasteiger partial charge in [-0.15, -0.1) is 0 Å². The van der Waals surface area contributed by atoms with Crippen molar-refractivity contribution < 1.29 is 29.0 Å². The first-order valence-electron chi connectivity index (χ1n) is 10.2. The topological polar surface area (TPSA) is 114 Å². The number of rotatable bonds is 9. The Morgan fingerprint density at radius 2 is 1.58 bits per heavy atom. The number of hydrogen-bond donors (Lipinski definition) is 3. The Kier molecular flexibility index (Phi) is 8.02. The van der Waals surface area contributed by atoms with E-state index in [2.05, 4.69) is 10.6 Å². The van der Waals surface area contributed by atoms with Crippen LogP contribution < -0.4 is 20.1 Å². The predicted octanol–water partition coefficient (Wildman–Crippen LogP) is 3.41. The quantitative estimate of drug-likeness (QED) is 0.462. The SMILES string of the molecule is COc1ccc(CNC(=O)Oc2ccccc2C[C@H](NC(=O)c2ccccc2)C(=O)O)cc1. The third-order valence-electron chi connectivity index (χ3n) is 4.83. The molecule has 0 fully saturated rings. The van der Waals surface area contributed by atoms with E-state index in [1.807, 2.05) is 12.1 Å². The second kappa shape index (κ2) is 11.3. The Morgan fingerprint density at radius 1 is 0.909 bits per heavy atom. The van der Waals surface area contributed by atoms with E-state index in [1.165, 1.54) is 0 Å². The number of para-hydroxylation sites is 1. The van der Waals surface area contributed by atoms with Crippen LogP contribution in [0.5, 0.6) is 11.5 Å². The maximum atomic E-state index is 12.4. The number of carbonyl (C=O) groups excluding carboxylic acids is 2. The van der Waals surface area contributed by atoms with E-state index in [4.69, 9.17) is 9.47 Å². The van der Waals surface area contributed by atoms with Gasteiger partial charge in [-0.2, -0.15) is 0 Å². The van der Waals surface area contributed by atoms with Crippen molar-refractivity contribution in [1.29, 1.82) is 0 Å². The van der Waals surface area contributed by atoms with Gasteiger partial charge in [0.25, 0.3) is 5.91 Å². The Morgan fingerprint density at radius 3 is 2.24 bits per heavy atom. The molecule has 2 amide bonds. The minimum absolute atomic E-state index is 0.0597. The first kappa shape index (κ1) is 23.3. The average Bonchev–Trinajstić information content (AvgIpc) is 2.84. The highest BCUT2D eigenvalue weighted by Crippen LogP contribution is 2.20. The molecule has 0 aliphatic carbocycles. The fourth-order valence-electron chi connectivity index (χ4n) is 3.08. The van der Waals surface area contributed by atoms with Gasteiger partial charge in [0, 0.05) is 18.5 Å². The van der Waals surface area contributed by atoms with Gasteiger partial charge in [0.05, 0.1) is 7.11 Å². The van der Waals surface area contributed by atoms with Crippen LogP contribution in [-0.2, 0) is 17.8 Å². The molecule has 0 saturated heterocycles. The summed E-state index contributed by atoms with van der Waals surface area (Å²) in [5, 5.41) is 14.8. The minimum Gasteiger partial charge on any atom is -0.497 e. The molecule has 0 spiro atoms. The van der Waals surface area contributed by atoms with Crippen LogP contribution in [-0.4, -0.2) is 36.2 Å². The highest BCUT2D eigenvalue weighted by atomic mass is 16.6. The lowest BCUT2D eigenvalue weighted by atomic mass is 10.0. The summed E-state index contributed by atoms with van der Waals surface area (Å²) in [6.07, 6.45) is -0.742. The van der Waals surface area contributed by atoms with E-state index >= 15 is 0 Å². The number of hydrogen-bond acceptors (Lipinski definition) is 5. The molecule has 0 aliphatic rings. The van der Waals surface area contributed by atoms with E-state index in [1.54, 1.807) is 73.8 Å². The Hall–Kier alpha value is -4.33. The molecule has 3 rings (SSSR count). The molecule has 8 nitrogen and oxygen atoms in total. The zero-order valence-corrected chi connectivity index (χ0v) is 18.0. The maximum Gasteiger partial charge on any atom is 0.412 e. The number of carbonyl (C=O) groups is 3. The third kappa shape index (κ3) is 6.83. The molecule has 3 aromatic rings. The molecule has 3 N–H and O–H groups in total. The number of methoxy groups -OCH3 is 1. The summed E-state index contributed by atoms with van der Waals surface area (Å²) in [6, 6.07) is 20.9. The van der Waals surface area contributed by atoms with Crippen LogP contribution in [0, 0.1) is 0 Å². The van der Waals surface area contributed by atoms with E-state index in [0.29, 0.717) is 16.9 Å². The van der Waals surface area contributed by atoms with E-state index < -0.39 is 24.0 Å². The van der Waals surface area contributed by atoms with Crippen molar-refractivity contribution in [3.63, 3.8) is 0 Å². The van der Waals surface area contributed by atoms with Gasteiger partial charge in [-0.25, -0.2) is 9.59 Å². The van der Waals surface area contributed by atoms with E-state index in [9.17, 15) is 19.5 Å². The van der Waals surface area contributed by atoms with Crippen LogP contribution in [0.25, 0.3) is 0 Å². The smallest absolute Gasteiger partial charge is 0.412 e. The molecule has 0 saturated carbocycles.